The van der Waals surface area contributed by atoms with Gasteiger partial charge in [-0.15, -0.1) is 0 Å². The van der Waals surface area contributed by atoms with Gasteiger partial charge in [0.2, 0.25) is 11.8 Å². The number of likely N-dealkylation sites (tertiary alicyclic amines) is 1. The Morgan fingerprint density at radius 3 is 2.54 bits per heavy atom. The van der Waals surface area contributed by atoms with Gasteiger partial charge in [0.1, 0.15) is 5.75 Å². The molecule has 2 atom stereocenters. The smallest absolute Gasteiger partial charge is 0.387 e. The number of nitrogens with zero attached hydrogens (tertiary/aromatic N) is 1. The Hall–Kier alpha value is -2.44. The topological polar surface area (TPSA) is 72.6 Å². The standard InChI is InChI=1S/C17H20F2N2O3/c1-11-2-6-13(16(20)23)10-21(11)15(22)9-5-12-3-7-14(8-4-12)24-17(18)19/h3-5,7-9,11,13,17H,2,6,10H2,1H3,(H2,20,23)/b9-5+/t11-,13+/m1/s1. The minimum Gasteiger partial charge on any atom is -0.435 e. The summed E-state index contributed by atoms with van der Waals surface area (Å²) in [4.78, 5) is 25.3. The second-order valence-electron chi connectivity index (χ2n) is 5.80. The van der Waals surface area contributed by atoms with E-state index < -0.39 is 12.5 Å². The highest BCUT2D eigenvalue weighted by atomic mass is 19.3. The van der Waals surface area contributed by atoms with Crippen molar-refractivity contribution >= 4 is 17.9 Å². The molecule has 0 aromatic heterocycles. The van der Waals surface area contributed by atoms with E-state index in [1.54, 1.807) is 23.1 Å². The lowest BCUT2D eigenvalue weighted by molar-refractivity contribution is -0.133. The highest BCUT2D eigenvalue weighted by molar-refractivity contribution is 5.92. The van der Waals surface area contributed by atoms with Crippen LogP contribution in [0.1, 0.15) is 25.3 Å². The highest BCUT2D eigenvalue weighted by Crippen LogP contribution is 2.22. The van der Waals surface area contributed by atoms with Crippen molar-refractivity contribution in [3.05, 3.63) is 35.9 Å². The predicted octanol–water partition coefficient (Wildman–Crippen LogP) is 2.41. The van der Waals surface area contributed by atoms with Crippen LogP contribution in [0, 0.1) is 5.92 Å². The number of halogens is 2. The minimum atomic E-state index is -2.87. The molecule has 0 spiro atoms. The summed E-state index contributed by atoms with van der Waals surface area (Å²) in [5, 5.41) is 0. The van der Waals surface area contributed by atoms with E-state index in [1.807, 2.05) is 6.92 Å². The van der Waals surface area contributed by atoms with Gasteiger partial charge in [-0.1, -0.05) is 12.1 Å². The van der Waals surface area contributed by atoms with E-state index in [2.05, 4.69) is 4.74 Å². The fourth-order valence-electron chi connectivity index (χ4n) is 2.67. The third-order valence-corrected chi connectivity index (χ3v) is 4.09. The van der Waals surface area contributed by atoms with Crippen molar-refractivity contribution < 1.29 is 23.1 Å². The van der Waals surface area contributed by atoms with Crippen molar-refractivity contribution in [2.24, 2.45) is 11.7 Å². The Morgan fingerprint density at radius 1 is 1.29 bits per heavy atom. The summed E-state index contributed by atoms with van der Waals surface area (Å²) in [6.07, 6.45) is 4.42. The van der Waals surface area contributed by atoms with Gasteiger partial charge in [0, 0.05) is 18.7 Å². The van der Waals surface area contributed by atoms with Crippen molar-refractivity contribution in [3.63, 3.8) is 0 Å². The molecule has 1 aliphatic heterocycles. The van der Waals surface area contributed by atoms with E-state index >= 15 is 0 Å². The van der Waals surface area contributed by atoms with Crippen LogP contribution >= 0.6 is 0 Å². The Kier molecular flexibility index (Phi) is 5.89. The maximum absolute atomic E-state index is 12.3. The monoisotopic (exact) mass is 338 g/mol. The van der Waals surface area contributed by atoms with Crippen LogP contribution in [0.3, 0.4) is 0 Å². The molecule has 0 aliphatic carbocycles. The normalized spacial score (nSPS) is 21.2. The van der Waals surface area contributed by atoms with Crippen molar-refractivity contribution in [1.29, 1.82) is 0 Å². The van der Waals surface area contributed by atoms with E-state index in [4.69, 9.17) is 5.73 Å². The highest BCUT2D eigenvalue weighted by Gasteiger charge is 2.30. The third kappa shape index (κ3) is 4.78. The lowest BCUT2D eigenvalue weighted by Crippen LogP contribution is -2.48. The van der Waals surface area contributed by atoms with Crippen LogP contribution in [-0.4, -0.2) is 35.9 Å². The number of rotatable bonds is 5. The second kappa shape index (κ2) is 7.90. The molecule has 1 saturated heterocycles. The van der Waals surface area contributed by atoms with Gasteiger partial charge in [-0.2, -0.15) is 8.78 Å². The van der Waals surface area contributed by atoms with Gasteiger partial charge in [-0.05, 0) is 43.5 Å². The summed E-state index contributed by atoms with van der Waals surface area (Å²) >= 11 is 0. The largest absolute Gasteiger partial charge is 0.435 e. The molecular weight excluding hydrogens is 318 g/mol. The van der Waals surface area contributed by atoms with Crippen molar-refractivity contribution in [2.75, 3.05) is 6.54 Å². The molecule has 24 heavy (non-hydrogen) atoms. The lowest BCUT2D eigenvalue weighted by Gasteiger charge is -2.36. The van der Waals surface area contributed by atoms with Gasteiger partial charge in [0.05, 0.1) is 5.92 Å². The number of carbonyl (C=O) groups is 2. The summed E-state index contributed by atoms with van der Waals surface area (Å²) in [5.74, 6) is -0.855. The molecule has 7 heteroatoms. The number of ether oxygens (including phenoxy) is 1. The molecule has 1 heterocycles. The van der Waals surface area contributed by atoms with E-state index in [0.29, 0.717) is 18.5 Å². The summed E-state index contributed by atoms with van der Waals surface area (Å²) in [6, 6.07) is 6.01. The van der Waals surface area contributed by atoms with Crippen molar-refractivity contribution in [2.45, 2.75) is 32.4 Å². The fraction of sp³-hybridized carbons (Fsp3) is 0.412. The Morgan fingerprint density at radius 2 is 1.96 bits per heavy atom. The first-order valence-electron chi connectivity index (χ1n) is 7.69. The van der Waals surface area contributed by atoms with E-state index in [-0.39, 0.29) is 23.6 Å². The molecule has 1 fully saturated rings. The molecule has 130 valence electrons. The molecule has 1 aliphatic rings. The number of amides is 2. The van der Waals surface area contributed by atoms with Gasteiger partial charge >= 0.3 is 6.61 Å². The molecule has 1 aromatic carbocycles. The van der Waals surface area contributed by atoms with Gasteiger partial charge in [-0.3, -0.25) is 9.59 Å². The van der Waals surface area contributed by atoms with Gasteiger partial charge in [0.15, 0.2) is 0 Å². The van der Waals surface area contributed by atoms with E-state index in [1.165, 1.54) is 18.2 Å². The van der Waals surface area contributed by atoms with Crippen LogP contribution in [-0.2, 0) is 9.59 Å². The van der Waals surface area contributed by atoms with Crippen LogP contribution in [0.25, 0.3) is 6.08 Å². The third-order valence-electron chi connectivity index (χ3n) is 4.09. The van der Waals surface area contributed by atoms with E-state index in [0.717, 1.165) is 6.42 Å². The minimum absolute atomic E-state index is 0.0413. The molecule has 2 rings (SSSR count). The van der Waals surface area contributed by atoms with Crippen LogP contribution in [0.4, 0.5) is 8.78 Å². The van der Waals surface area contributed by atoms with E-state index in [9.17, 15) is 18.4 Å². The zero-order chi connectivity index (χ0) is 17.7. The van der Waals surface area contributed by atoms with Gasteiger partial charge in [0.25, 0.3) is 0 Å². The first-order chi connectivity index (χ1) is 11.4. The number of hydrogen-bond acceptors (Lipinski definition) is 3. The zero-order valence-corrected chi connectivity index (χ0v) is 13.3. The molecule has 5 nitrogen and oxygen atoms in total. The Labute approximate surface area is 139 Å². The van der Waals surface area contributed by atoms with Crippen LogP contribution in [0.2, 0.25) is 0 Å². The van der Waals surface area contributed by atoms with Gasteiger partial charge in [-0.25, -0.2) is 0 Å². The first kappa shape index (κ1) is 17.9. The fourth-order valence-corrected chi connectivity index (χ4v) is 2.67. The van der Waals surface area contributed by atoms with Gasteiger partial charge < -0.3 is 15.4 Å². The summed E-state index contributed by atoms with van der Waals surface area (Å²) in [6.45, 7) is -0.618. The SMILES string of the molecule is C[C@@H]1CC[C@H](C(N)=O)CN1C(=O)/C=C/c1ccc(OC(F)F)cc1. The maximum atomic E-state index is 12.3. The van der Waals surface area contributed by atoms with Crippen molar-refractivity contribution in [1.82, 2.24) is 4.90 Å². The number of nitrogens with two attached hydrogens (primary N) is 1. The second-order valence-corrected chi connectivity index (χ2v) is 5.80. The Bertz CT molecular complexity index is 617. The molecule has 0 unspecified atom stereocenters. The van der Waals surface area contributed by atoms with Crippen LogP contribution < -0.4 is 10.5 Å². The summed E-state index contributed by atoms with van der Waals surface area (Å²) in [7, 11) is 0. The molecule has 2 amide bonds. The maximum Gasteiger partial charge on any atom is 0.387 e. The summed E-state index contributed by atoms with van der Waals surface area (Å²) in [5.41, 5.74) is 6.01. The molecular formula is C17H20F2N2O3. The molecule has 0 bridgehead atoms. The predicted molar refractivity (Wildman–Crippen MR) is 85.2 cm³/mol. The zero-order valence-electron chi connectivity index (χ0n) is 13.3. The average Bonchev–Trinajstić information content (AvgIpc) is 2.53. The number of benzene rings is 1. The number of carbonyl (C=O) groups excluding carboxylic acids is 2. The van der Waals surface area contributed by atoms with Crippen LogP contribution in [0.5, 0.6) is 5.75 Å². The lowest BCUT2D eigenvalue weighted by atomic mass is 9.93. The number of hydrogen-bond donors (Lipinski definition) is 1. The number of primary amides is 1. The molecule has 2 N–H and O–H groups in total. The average molecular weight is 338 g/mol. The Balaban J connectivity index is 1.99. The van der Waals surface area contributed by atoms with Crippen LogP contribution in [0.15, 0.2) is 30.3 Å². The summed E-state index contributed by atoms with van der Waals surface area (Å²) < 4.78 is 28.4. The molecule has 0 saturated carbocycles. The first-order valence-corrected chi connectivity index (χ1v) is 7.69. The molecule has 1 aromatic rings. The van der Waals surface area contributed by atoms with Crippen molar-refractivity contribution in [3.8, 4) is 5.75 Å². The molecule has 0 radical (unpaired) electrons. The number of piperidine rings is 1. The number of alkyl halides is 2. The quantitative estimate of drug-likeness (QED) is 0.838.